The van der Waals surface area contributed by atoms with Crippen LogP contribution in [0.1, 0.15) is 19.2 Å². The van der Waals surface area contributed by atoms with Crippen molar-refractivity contribution in [3.05, 3.63) is 41.4 Å². The molecule has 0 spiro atoms. The predicted molar refractivity (Wildman–Crippen MR) is 87.0 cm³/mol. The second kappa shape index (κ2) is 8.33. The first kappa shape index (κ1) is 17.0. The van der Waals surface area contributed by atoms with Crippen LogP contribution in [-0.4, -0.2) is 29.9 Å². The number of hydrogen-bond donors (Lipinski definition) is 2. The van der Waals surface area contributed by atoms with Crippen LogP contribution in [0, 0.1) is 0 Å². The number of aryl methyl sites for hydroxylation is 1. The van der Waals surface area contributed by atoms with Gasteiger partial charge in [0, 0.05) is 43.4 Å². The Morgan fingerprint density at radius 1 is 1.17 bits per heavy atom. The number of hydrogen-bond acceptors (Lipinski definition) is 4. The molecule has 0 unspecified atom stereocenters. The molecule has 7 heteroatoms. The van der Waals surface area contributed by atoms with E-state index in [0.29, 0.717) is 36.2 Å². The molecule has 1 heterocycles. The van der Waals surface area contributed by atoms with Crippen molar-refractivity contribution < 1.29 is 14.0 Å². The Hall–Kier alpha value is -2.34. The maximum Gasteiger partial charge on any atom is 0.220 e. The van der Waals surface area contributed by atoms with Gasteiger partial charge >= 0.3 is 0 Å². The van der Waals surface area contributed by atoms with Gasteiger partial charge in [-0.2, -0.15) is 0 Å². The molecule has 2 N–H and O–H groups in total. The Bertz CT molecular complexity index is 667. The van der Waals surface area contributed by atoms with Gasteiger partial charge in [-0.25, -0.2) is 4.98 Å². The molecule has 0 aliphatic heterocycles. The van der Waals surface area contributed by atoms with Crippen molar-refractivity contribution in [3.8, 4) is 11.3 Å². The lowest BCUT2D eigenvalue weighted by Gasteiger charge is -2.04. The third-order valence-corrected chi connectivity index (χ3v) is 3.32. The molecule has 2 amide bonds. The first-order chi connectivity index (χ1) is 11.0. The van der Waals surface area contributed by atoms with E-state index in [2.05, 4.69) is 15.6 Å². The summed E-state index contributed by atoms with van der Waals surface area (Å²) < 4.78 is 5.63. The molecule has 0 saturated carbocycles. The molecule has 1 aromatic carbocycles. The van der Waals surface area contributed by atoms with Gasteiger partial charge in [0.15, 0.2) is 11.7 Å². The van der Waals surface area contributed by atoms with E-state index in [1.54, 1.807) is 18.3 Å². The number of benzene rings is 1. The van der Waals surface area contributed by atoms with Crippen LogP contribution in [0.3, 0.4) is 0 Å². The topological polar surface area (TPSA) is 84.2 Å². The highest BCUT2D eigenvalue weighted by Gasteiger charge is 2.09. The minimum absolute atomic E-state index is 0.110. The van der Waals surface area contributed by atoms with Crippen molar-refractivity contribution in [2.75, 3.05) is 13.1 Å². The smallest absolute Gasteiger partial charge is 0.220 e. The summed E-state index contributed by atoms with van der Waals surface area (Å²) in [6.07, 6.45) is 2.33. The average molecular weight is 336 g/mol. The number of nitrogens with one attached hydrogen (secondary N) is 2. The van der Waals surface area contributed by atoms with Gasteiger partial charge in [0.1, 0.15) is 0 Å². The van der Waals surface area contributed by atoms with Crippen LogP contribution in [-0.2, 0) is 16.0 Å². The highest BCUT2D eigenvalue weighted by molar-refractivity contribution is 6.30. The van der Waals surface area contributed by atoms with Gasteiger partial charge in [0.25, 0.3) is 0 Å². The lowest BCUT2D eigenvalue weighted by Crippen LogP contribution is -2.33. The lowest BCUT2D eigenvalue weighted by molar-refractivity contribution is -0.122. The number of aromatic nitrogens is 1. The molecule has 0 saturated heterocycles. The Balaban J connectivity index is 1.77. The van der Waals surface area contributed by atoms with E-state index in [1.165, 1.54) is 6.92 Å². The zero-order chi connectivity index (χ0) is 16.7. The van der Waals surface area contributed by atoms with E-state index in [1.807, 2.05) is 12.1 Å². The first-order valence-corrected chi connectivity index (χ1v) is 7.64. The number of oxazole rings is 1. The fourth-order valence-electron chi connectivity index (χ4n) is 1.92. The van der Waals surface area contributed by atoms with Crippen molar-refractivity contribution in [2.45, 2.75) is 19.8 Å². The van der Waals surface area contributed by atoms with Crippen LogP contribution in [0.25, 0.3) is 11.3 Å². The molecule has 6 nitrogen and oxygen atoms in total. The van der Waals surface area contributed by atoms with Gasteiger partial charge in [-0.1, -0.05) is 11.6 Å². The van der Waals surface area contributed by atoms with Gasteiger partial charge < -0.3 is 15.1 Å². The standard InChI is InChI=1S/C16H18ClN3O3/c1-11(21)18-8-9-19-15(22)6-7-16-20-10-14(23-16)12-2-4-13(17)5-3-12/h2-5,10H,6-9H2,1H3,(H,18,21)(H,19,22). The molecule has 2 aromatic rings. The fourth-order valence-corrected chi connectivity index (χ4v) is 2.05. The van der Waals surface area contributed by atoms with Crippen LogP contribution < -0.4 is 10.6 Å². The second-order valence-corrected chi connectivity index (χ2v) is 5.39. The van der Waals surface area contributed by atoms with Crippen LogP contribution in [0.15, 0.2) is 34.9 Å². The van der Waals surface area contributed by atoms with E-state index in [-0.39, 0.29) is 18.2 Å². The fraction of sp³-hybridized carbons (Fsp3) is 0.312. The molecular weight excluding hydrogens is 318 g/mol. The summed E-state index contributed by atoms with van der Waals surface area (Å²) in [5.41, 5.74) is 0.882. The zero-order valence-electron chi connectivity index (χ0n) is 12.8. The van der Waals surface area contributed by atoms with Crippen LogP contribution in [0.4, 0.5) is 0 Å². The predicted octanol–water partition coefficient (Wildman–Crippen LogP) is 2.18. The molecule has 0 aliphatic rings. The number of amides is 2. The number of nitrogens with zero attached hydrogens (tertiary/aromatic N) is 1. The van der Waals surface area contributed by atoms with E-state index in [0.717, 1.165) is 5.56 Å². The molecule has 122 valence electrons. The van der Waals surface area contributed by atoms with Crippen molar-refractivity contribution in [1.82, 2.24) is 15.6 Å². The number of halogens is 1. The van der Waals surface area contributed by atoms with Crippen molar-refractivity contribution >= 4 is 23.4 Å². The van der Waals surface area contributed by atoms with E-state index in [9.17, 15) is 9.59 Å². The Labute approximate surface area is 139 Å². The van der Waals surface area contributed by atoms with E-state index in [4.69, 9.17) is 16.0 Å². The van der Waals surface area contributed by atoms with Crippen LogP contribution >= 0.6 is 11.6 Å². The molecule has 0 atom stereocenters. The van der Waals surface area contributed by atoms with Gasteiger partial charge in [-0.15, -0.1) is 0 Å². The molecule has 23 heavy (non-hydrogen) atoms. The zero-order valence-corrected chi connectivity index (χ0v) is 13.5. The maximum atomic E-state index is 11.7. The number of rotatable bonds is 7. The summed E-state index contributed by atoms with van der Waals surface area (Å²) in [7, 11) is 0. The summed E-state index contributed by atoms with van der Waals surface area (Å²) >= 11 is 5.84. The highest BCUT2D eigenvalue weighted by Crippen LogP contribution is 2.22. The SMILES string of the molecule is CC(=O)NCCNC(=O)CCc1ncc(-c2ccc(Cl)cc2)o1. The molecule has 0 bridgehead atoms. The lowest BCUT2D eigenvalue weighted by atomic mass is 10.2. The molecule has 2 rings (SSSR count). The average Bonchev–Trinajstić information content (AvgIpc) is 2.99. The monoisotopic (exact) mass is 335 g/mol. The Morgan fingerprint density at radius 2 is 1.87 bits per heavy atom. The van der Waals surface area contributed by atoms with Crippen LogP contribution in [0.5, 0.6) is 0 Å². The van der Waals surface area contributed by atoms with Crippen LogP contribution in [0.2, 0.25) is 5.02 Å². The summed E-state index contributed by atoms with van der Waals surface area (Å²) in [6.45, 7) is 2.25. The molecular formula is C16H18ClN3O3. The summed E-state index contributed by atoms with van der Waals surface area (Å²) in [4.78, 5) is 26.5. The van der Waals surface area contributed by atoms with Crippen molar-refractivity contribution in [1.29, 1.82) is 0 Å². The molecule has 1 aromatic heterocycles. The Kier molecular flexibility index (Phi) is 6.17. The summed E-state index contributed by atoms with van der Waals surface area (Å²) in [5, 5.41) is 5.98. The van der Waals surface area contributed by atoms with Gasteiger partial charge in [0.2, 0.25) is 11.8 Å². The second-order valence-electron chi connectivity index (χ2n) is 4.96. The summed E-state index contributed by atoms with van der Waals surface area (Å²) in [5.74, 6) is 0.921. The molecule has 0 radical (unpaired) electrons. The Morgan fingerprint density at radius 3 is 2.57 bits per heavy atom. The normalized spacial score (nSPS) is 10.3. The quantitative estimate of drug-likeness (QED) is 0.759. The number of carbonyl (C=O) groups excluding carboxylic acids is 2. The van der Waals surface area contributed by atoms with E-state index < -0.39 is 0 Å². The number of carbonyl (C=O) groups is 2. The third kappa shape index (κ3) is 5.75. The third-order valence-electron chi connectivity index (χ3n) is 3.07. The highest BCUT2D eigenvalue weighted by atomic mass is 35.5. The van der Waals surface area contributed by atoms with Gasteiger partial charge in [-0.05, 0) is 24.3 Å². The minimum Gasteiger partial charge on any atom is -0.441 e. The maximum absolute atomic E-state index is 11.7. The van der Waals surface area contributed by atoms with Crippen molar-refractivity contribution in [2.24, 2.45) is 0 Å². The first-order valence-electron chi connectivity index (χ1n) is 7.26. The molecule has 0 aliphatic carbocycles. The van der Waals surface area contributed by atoms with Crippen molar-refractivity contribution in [3.63, 3.8) is 0 Å². The van der Waals surface area contributed by atoms with Gasteiger partial charge in [-0.3, -0.25) is 9.59 Å². The van der Waals surface area contributed by atoms with E-state index >= 15 is 0 Å². The summed E-state index contributed by atoms with van der Waals surface area (Å²) in [6, 6.07) is 7.26. The van der Waals surface area contributed by atoms with Gasteiger partial charge in [0.05, 0.1) is 6.20 Å². The minimum atomic E-state index is -0.117. The largest absolute Gasteiger partial charge is 0.441 e. The molecule has 0 fully saturated rings.